The number of methoxy groups -OCH3 is 1. The molecule has 2 aromatic carbocycles. The van der Waals surface area contributed by atoms with Gasteiger partial charge < -0.3 is 10.1 Å². The van der Waals surface area contributed by atoms with Crippen molar-refractivity contribution in [1.82, 2.24) is 9.97 Å². The van der Waals surface area contributed by atoms with Crippen molar-refractivity contribution in [1.29, 1.82) is 0 Å². The van der Waals surface area contributed by atoms with E-state index in [4.69, 9.17) is 4.74 Å². The Hall–Kier alpha value is -2.69. The molecule has 0 atom stereocenters. The molecular weight excluding hydrogens is 293 g/mol. The lowest BCUT2D eigenvalue weighted by molar-refractivity contribution is 0.397. The van der Waals surface area contributed by atoms with Crippen molar-refractivity contribution in [2.45, 2.75) is 19.9 Å². The van der Waals surface area contributed by atoms with Crippen molar-refractivity contribution < 1.29 is 9.13 Å². The number of hydrogen-bond donors (Lipinski definition) is 1. The molecule has 0 radical (unpaired) electrons. The first-order chi connectivity index (χ1) is 11.1. The van der Waals surface area contributed by atoms with Gasteiger partial charge in [-0.05, 0) is 31.4 Å². The van der Waals surface area contributed by atoms with Gasteiger partial charge in [-0.3, -0.25) is 0 Å². The number of aromatic nitrogens is 2. The van der Waals surface area contributed by atoms with Crippen LogP contribution in [0.1, 0.15) is 13.8 Å². The minimum Gasteiger partial charge on any atom is -0.481 e. The Bertz CT molecular complexity index is 849. The molecule has 5 heteroatoms. The van der Waals surface area contributed by atoms with Crippen molar-refractivity contribution in [3.8, 4) is 17.1 Å². The summed E-state index contributed by atoms with van der Waals surface area (Å²) in [7, 11) is 1.56. The predicted molar refractivity (Wildman–Crippen MR) is 90.2 cm³/mol. The van der Waals surface area contributed by atoms with Crippen LogP contribution in [0.25, 0.3) is 22.0 Å². The monoisotopic (exact) mass is 311 g/mol. The molecule has 1 N–H and O–H groups in total. The average Bonchev–Trinajstić information content (AvgIpc) is 2.54. The second kappa shape index (κ2) is 6.20. The molecule has 0 aliphatic carbocycles. The van der Waals surface area contributed by atoms with E-state index in [9.17, 15) is 4.39 Å². The fraction of sp³-hybridized carbons (Fsp3) is 0.222. The van der Waals surface area contributed by atoms with Gasteiger partial charge in [0.1, 0.15) is 5.82 Å². The van der Waals surface area contributed by atoms with E-state index in [1.165, 1.54) is 6.07 Å². The summed E-state index contributed by atoms with van der Waals surface area (Å²) in [5.74, 6) is 0.709. The third kappa shape index (κ3) is 3.08. The molecule has 1 heterocycles. The molecule has 118 valence electrons. The quantitative estimate of drug-likeness (QED) is 0.782. The Morgan fingerprint density at radius 1 is 1.04 bits per heavy atom. The van der Waals surface area contributed by atoms with Crippen molar-refractivity contribution in [2.75, 3.05) is 12.4 Å². The lowest BCUT2D eigenvalue weighted by Crippen LogP contribution is -2.13. The molecule has 0 saturated carbocycles. The van der Waals surface area contributed by atoms with Crippen molar-refractivity contribution in [3.63, 3.8) is 0 Å². The highest BCUT2D eigenvalue weighted by atomic mass is 19.1. The van der Waals surface area contributed by atoms with Crippen LogP contribution in [-0.4, -0.2) is 23.1 Å². The number of fused-ring (bicyclic) bond motifs is 1. The molecule has 3 aromatic rings. The summed E-state index contributed by atoms with van der Waals surface area (Å²) >= 11 is 0. The van der Waals surface area contributed by atoms with Gasteiger partial charge in [-0.1, -0.05) is 24.3 Å². The Balaban J connectivity index is 2.20. The van der Waals surface area contributed by atoms with Crippen molar-refractivity contribution in [3.05, 3.63) is 48.3 Å². The minimum absolute atomic E-state index is 0.194. The number of nitrogens with one attached hydrogen (secondary N) is 1. The summed E-state index contributed by atoms with van der Waals surface area (Å²) in [6.45, 7) is 4.02. The van der Waals surface area contributed by atoms with Crippen LogP contribution in [0.2, 0.25) is 0 Å². The summed E-state index contributed by atoms with van der Waals surface area (Å²) in [4.78, 5) is 8.84. The van der Waals surface area contributed by atoms with E-state index in [1.807, 2.05) is 32.0 Å². The summed E-state index contributed by atoms with van der Waals surface area (Å²) in [5.41, 5.74) is 1.53. The Morgan fingerprint density at radius 2 is 1.78 bits per heavy atom. The highest BCUT2D eigenvalue weighted by molar-refractivity contribution is 5.96. The zero-order valence-electron chi connectivity index (χ0n) is 13.3. The normalized spacial score (nSPS) is 11.0. The Kier molecular flexibility index (Phi) is 4.10. The number of ether oxygens (including phenoxy) is 1. The third-order valence-electron chi connectivity index (χ3n) is 3.48. The lowest BCUT2D eigenvalue weighted by Gasteiger charge is -2.12. The van der Waals surface area contributed by atoms with E-state index in [0.717, 1.165) is 10.9 Å². The molecule has 0 bridgehead atoms. The first kappa shape index (κ1) is 15.2. The first-order valence-corrected chi connectivity index (χ1v) is 7.45. The van der Waals surface area contributed by atoms with Crippen molar-refractivity contribution in [2.24, 2.45) is 0 Å². The first-order valence-electron chi connectivity index (χ1n) is 7.45. The van der Waals surface area contributed by atoms with Crippen LogP contribution in [0.15, 0.2) is 42.5 Å². The number of rotatable bonds is 4. The van der Waals surface area contributed by atoms with Crippen LogP contribution in [0.5, 0.6) is 5.88 Å². The Labute approximate surface area is 134 Å². The van der Waals surface area contributed by atoms with E-state index in [1.54, 1.807) is 25.3 Å². The van der Waals surface area contributed by atoms with Crippen LogP contribution in [-0.2, 0) is 0 Å². The number of anilines is 1. The van der Waals surface area contributed by atoms with Gasteiger partial charge >= 0.3 is 0 Å². The van der Waals surface area contributed by atoms with E-state index >= 15 is 0 Å². The number of hydrogen-bond acceptors (Lipinski definition) is 4. The summed E-state index contributed by atoms with van der Waals surface area (Å²) < 4.78 is 19.3. The molecule has 23 heavy (non-hydrogen) atoms. The highest BCUT2D eigenvalue weighted by Gasteiger charge is 2.12. The number of halogens is 1. The predicted octanol–water partition coefficient (Wildman–Crippen LogP) is 4.26. The van der Waals surface area contributed by atoms with Gasteiger partial charge in [0, 0.05) is 23.1 Å². The molecular formula is C18H18FN3O. The SMILES string of the molecule is COc1cc(-c2ccc(F)c3ccccc23)nc(NC(C)C)n1. The largest absolute Gasteiger partial charge is 0.481 e. The van der Waals surface area contributed by atoms with Gasteiger partial charge in [-0.25, -0.2) is 9.37 Å². The van der Waals surface area contributed by atoms with E-state index in [0.29, 0.717) is 22.9 Å². The zero-order chi connectivity index (χ0) is 16.4. The molecule has 0 amide bonds. The molecule has 4 nitrogen and oxygen atoms in total. The van der Waals surface area contributed by atoms with Gasteiger partial charge in [-0.2, -0.15) is 4.98 Å². The zero-order valence-corrected chi connectivity index (χ0v) is 13.3. The van der Waals surface area contributed by atoms with Gasteiger partial charge in [0.25, 0.3) is 0 Å². The van der Waals surface area contributed by atoms with Crippen LogP contribution in [0.4, 0.5) is 10.3 Å². The van der Waals surface area contributed by atoms with E-state index in [2.05, 4.69) is 15.3 Å². The standard InChI is InChI=1S/C18H18FN3O/c1-11(2)20-18-21-16(10-17(22-18)23-3)14-8-9-15(19)13-7-5-4-6-12(13)14/h4-11H,1-3H3,(H,20,21,22). The molecule has 0 fully saturated rings. The molecule has 0 aliphatic rings. The van der Waals surface area contributed by atoms with Gasteiger partial charge in [-0.15, -0.1) is 0 Å². The van der Waals surface area contributed by atoms with E-state index < -0.39 is 0 Å². The van der Waals surface area contributed by atoms with Gasteiger partial charge in [0.05, 0.1) is 12.8 Å². The maximum atomic E-state index is 14.0. The van der Waals surface area contributed by atoms with Crippen LogP contribution >= 0.6 is 0 Å². The maximum Gasteiger partial charge on any atom is 0.226 e. The molecule has 1 aromatic heterocycles. The highest BCUT2D eigenvalue weighted by Crippen LogP contribution is 2.31. The Morgan fingerprint density at radius 3 is 2.48 bits per heavy atom. The van der Waals surface area contributed by atoms with Crippen LogP contribution in [0.3, 0.4) is 0 Å². The number of benzene rings is 2. The van der Waals surface area contributed by atoms with Gasteiger partial charge in [0.15, 0.2) is 0 Å². The van der Waals surface area contributed by atoms with Crippen LogP contribution < -0.4 is 10.1 Å². The summed E-state index contributed by atoms with van der Waals surface area (Å²) in [6.07, 6.45) is 0. The smallest absolute Gasteiger partial charge is 0.226 e. The summed E-state index contributed by atoms with van der Waals surface area (Å²) in [6, 6.07) is 12.5. The fourth-order valence-electron chi connectivity index (χ4n) is 2.48. The molecule has 3 rings (SSSR count). The second-order valence-electron chi connectivity index (χ2n) is 5.56. The minimum atomic E-state index is -0.245. The van der Waals surface area contributed by atoms with E-state index in [-0.39, 0.29) is 11.9 Å². The fourth-order valence-corrected chi connectivity index (χ4v) is 2.48. The molecule has 0 saturated heterocycles. The van der Waals surface area contributed by atoms with Crippen molar-refractivity contribution >= 4 is 16.7 Å². The molecule has 0 unspecified atom stereocenters. The second-order valence-corrected chi connectivity index (χ2v) is 5.56. The maximum absolute atomic E-state index is 14.0. The lowest BCUT2D eigenvalue weighted by atomic mass is 10.0. The average molecular weight is 311 g/mol. The molecule has 0 aliphatic heterocycles. The van der Waals surface area contributed by atoms with Gasteiger partial charge in [0.2, 0.25) is 11.8 Å². The summed E-state index contributed by atoms with van der Waals surface area (Å²) in [5, 5.41) is 4.55. The topological polar surface area (TPSA) is 47.0 Å². The number of nitrogens with zero attached hydrogens (tertiary/aromatic N) is 2. The third-order valence-corrected chi connectivity index (χ3v) is 3.48. The van der Waals surface area contributed by atoms with Crippen LogP contribution in [0, 0.1) is 5.82 Å². The molecule has 0 spiro atoms.